The molecule has 1 fully saturated rings. The van der Waals surface area contributed by atoms with Crippen molar-refractivity contribution in [2.24, 2.45) is 5.10 Å². The first kappa shape index (κ1) is 20.0. The summed E-state index contributed by atoms with van der Waals surface area (Å²) in [5, 5.41) is 5.42. The lowest BCUT2D eigenvalue weighted by Crippen LogP contribution is -2.42. The summed E-state index contributed by atoms with van der Waals surface area (Å²) >= 11 is 0. The molecular weight excluding hydrogens is 410 g/mol. The van der Waals surface area contributed by atoms with E-state index in [1.807, 2.05) is 35.0 Å². The Morgan fingerprint density at radius 1 is 1.03 bits per heavy atom. The van der Waals surface area contributed by atoms with Crippen LogP contribution in [0.25, 0.3) is 21.8 Å². The minimum atomic E-state index is -0.615. The van der Waals surface area contributed by atoms with E-state index >= 15 is 0 Å². The Kier molecular flexibility index (Phi) is 5.16. The number of carbonyl (C=O) groups is 1. The molecule has 1 N–H and O–H groups in total. The molecule has 1 saturated heterocycles. The van der Waals surface area contributed by atoms with Gasteiger partial charge in [-0.1, -0.05) is 30.3 Å². The minimum Gasteiger partial charge on any atom is -0.378 e. The van der Waals surface area contributed by atoms with Gasteiger partial charge in [-0.2, -0.15) is 5.10 Å². The second-order valence-electron chi connectivity index (χ2n) is 7.56. The molecule has 5 rings (SSSR count). The van der Waals surface area contributed by atoms with Crippen molar-refractivity contribution in [1.82, 2.24) is 19.1 Å². The van der Waals surface area contributed by atoms with Gasteiger partial charge in [-0.25, -0.2) is 4.79 Å². The van der Waals surface area contributed by atoms with Crippen molar-refractivity contribution in [2.45, 2.75) is 6.54 Å². The molecule has 162 valence electrons. The molecule has 0 bridgehead atoms. The fourth-order valence-electron chi connectivity index (χ4n) is 3.95. The van der Waals surface area contributed by atoms with Gasteiger partial charge in [0.05, 0.1) is 30.3 Å². The number of aromatic amines is 1. The Morgan fingerprint density at radius 3 is 2.56 bits per heavy atom. The van der Waals surface area contributed by atoms with Crippen molar-refractivity contribution < 1.29 is 9.53 Å². The highest BCUT2D eigenvalue weighted by molar-refractivity contribution is 6.00. The topological polar surface area (TPSA) is 102 Å². The van der Waals surface area contributed by atoms with Crippen molar-refractivity contribution in [3.8, 4) is 0 Å². The van der Waals surface area contributed by atoms with Crippen LogP contribution in [0.4, 0.5) is 0 Å². The van der Waals surface area contributed by atoms with E-state index in [0.29, 0.717) is 42.8 Å². The summed E-state index contributed by atoms with van der Waals surface area (Å²) in [6.45, 7) is 2.45. The van der Waals surface area contributed by atoms with Crippen LogP contribution in [0.15, 0.2) is 69.4 Å². The molecule has 9 heteroatoms. The summed E-state index contributed by atoms with van der Waals surface area (Å²) in [6, 6.07) is 14.4. The van der Waals surface area contributed by atoms with Gasteiger partial charge >= 0.3 is 5.69 Å². The Hall–Kier alpha value is -3.98. The van der Waals surface area contributed by atoms with E-state index in [1.165, 1.54) is 6.21 Å². The normalized spacial score (nSPS) is 14.6. The van der Waals surface area contributed by atoms with E-state index in [2.05, 4.69) is 10.1 Å². The van der Waals surface area contributed by atoms with Crippen LogP contribution >= 0.6 is 0 Å². The second-order valence-corrected chi connectivity index (χ2v) is 7.56. The fraction of sp³-hybridized carbons (Fsp3) is 0.217. The fourth-order valence-corrected chi connectivity index (χ4v) is 3.95. The first-order valence-electron chi connectivity index (χ1n) is 10.3. The number of para-hydroxylation sites is 2. The Bertz CT molecular complexity index is 1460. The standard InChI is InChI=1S/C23H21N5O4/c29-21(26-9-11-32-12-10-26)15-27-14-16(17-5-2-4-8-20(17)27)13-24-28-22(30)18-6-1-3-7-19(18)25-23(28)31/h1-8,13-14H,9-12,15H2,(H,25,31). The maximum atomic E-state index is 12.7. The number of amides is 1. The lowest BCUT2D eigenvalue weighted by atomic mass is 10.2. The van der Waals surface area contributed by atoms with Crippen LogP contribution in [0.1, 0.15) is 5.56 Å². The molecule has 2 aromatic carbocycles. The number of fused-ring (bicyclic) bond motifs is 2. The molecule has 1 aliphatic rings. The van der Waals surface area contributed by atoms with Gasteiger partial charge in [-0.3, -0.25) is 9.59 Å². The highest BCUT2D eigenvalue weighted by atomic mass is 16.5. The summed E-state index contributed by atoms with van der Waals surface area (Å²) in [5.41, 5.74) is 0.931. The lowest BCUT2D eigenvalue weighted by Gasteiger charge is -2.27. The summed E-state index contributed by atoms with van der Waals surface area (Å²) in [4.78, 5) is 42.3. The first-order valence-corrected chi connectivity index (χ1v) is 10.3. The zero-order valence-electron chi connectivity index (χ0n) is 17.2. The molecule has 0 saturated carbocycles. The van der Waals surface area contributed by atoms with Crippen molar-refractivity contribution in [3.05, 3.63) is 81.1 Å². The van der Waals surface area contributed by atoms with Crippen LogP contribution in [0.3, 0.4) is 0 Å². The monoisotopic (exact) mass is 431 g/mol. The van der Waals surface area contributed by atoms with Gasteiger partial charge in [0.1, 0.15) is 6.54 Å². The number of rotatable bonds is 4. The molecule has 9 nitrogen and oxygen atoms in total. The highest BCUT2D eigenvalue weighted by Crippen LogP contribution is 2.20. The molecule has 2 aromatic heterocycles. The van der Waals surface area contributed by atoms with E-state index < -0.39 is 11.2 Å². The maximum absolute atomic E-state index is 12.7. The van der Waals surface area contributed by atoms with Gasteiger partial charge in [-0.15, -0.1) is 4.68 Å². The molecular formula is C23H21N5O4. The van der Waals surface area contributed by atoms with Crippen LogP contribution < -0.4 is 11.2 Å². The van der Waals surface area contributed by atoms with E-state index in [9.17, 15) is 14.4 Å². The Morgan fingerprint density at radius 2 is 1.75 bits per heavy atom. The van der Waals surface area contributed by atoms with Crippen LogP contribution in [0, 0.1) is 0 Å². The second kappa shape index (κ2) is 8.27. The van der Waals surface area contributed by atoms with Gasteiger partial charge in [0, 0.05) is 35.8 Å². The third-order valence-electron chi connectivity index (χ3n) is 5.58. The van der Waals surface area contributed by atoms with Crippen LogP contribution in [0.5, 0.6) is 0 Å². The zero-order valence-corrected chi connectivity index (χ0v) is 17.2. The molecule has 1 aliphatic heterocycles. The van der Waals surface area contributed by atoms with E-state index in [4.69, 9.17) is 4.74 Å². The van der Waals surface area contributed by atoms with Crippen LogP contribution in [0.2, 0.25) is 0 Å². The first-order chi connectivity index (χ1) is 15.6. The summed E-state index contributed by atoms with van der Waals surface area (Å²) in [6.07, 6.45) is 3.29. The van der Waals surface area contributed by atoms with Crippen molar-refractivity contribution in [1.29, 1.82) is 0 Å². The predicted molar refractivity (Wildman–Crippen MR) is 121 cm³/mol. The smallest absolute Gasteiger partial charge is 0.349 e. The number of hydrogen-bond acceptors (Lipinski definition) is 5. The van der Waals surface area contributed by atoms with Crippen molar-refractivity contribution >= 4 is 33.9 Å². The number of aromatic nitrogens is 3. The molecule has 1 amide bonds. The lowest BCUT2D eigenvalue weighted by molar-refractivity contribution is -0.135. The quantitative estimate of drug-likeness (QED) is 0.493. The van der Waals surface area contributed by atoms with Gasteiger partial charge in [0.15, 0.2) is 0 Å². The molecule has 32 heavy (non-hydrogen) atoms. The molecule has 0 atom stereocenters. The zero-order chi connectivity index (χ0) is 22.1. The number of carbonyl (C=O) groups excluding carboxylic acids is 1. The SMILES string of the molecule is O=C(Cn1cc(C=Nn2c(=O)[nH]c3ccccc3c2=O)c2ccccc21)N1CCOCC1. The van der Waals surface area contributed by atoms with E-state index in [-0.39, 0.29) is 12.5 Å². The van der Waals surface area contributed by atoms with Gasteiger partial charge < -0.3 is 19.2 Å². The number of benzene rings is 2. The number of nitrogens with zero attached hydrogens (tertiary/aromatic N) is 4. The van der Waals surface area contributed by atoms with Gasteiger partial charge in [-0.05, 0) is 18.2 Å². The molecule has 4 aromatic rings. The van der Waals surface area contributed by atoms with Crippen molar-refractivity contribution in [3.63, 3.8) is 0 Å². The molecule has 0 spiro atoms. The maximum Gasteiger partial charge on any atom is 0.349 e. The summed E-state index contributed by atoms with van der Waals surface area (Å²) in [7, 11) is 0. The number of H-pyrrole nitrogens is 1. The number of nitrogens with one attached hydrogen (secondary N) is 1. The summed E-state index contributed by atoms with van der Waals surface area (Å²) in [5.74, 6) is 0.0136. The Labute approximate surface area is 182 Å². The minimum absolute atomic E-state index is 0.0136. The number of morpholine rings is 1. The van der Waals surface area contributed by atoms with E-state index in [0.717, 1.165) is 15.6 Å². The van der Waals surface area contributed by atoms with Crippen LogP contribution in [-0.4, -0.2) is 57.6 Å². The summed E-state index contributed by atoms with van der Waals surface area (Å²) < 4.78 is 8.00. The molecule has 3 heterocycles. The molecule has 0 unspecified atom stereocenters. The van der Waals surface area contributed by atoms with Crippen LogP contribution in [-0.2, 0) is 16.1 Å². The third-order valence-corrected chi connectivity index (χ3v) is 5.58. The average Bonchev–Trinajstić information content (AvgIpc) is 3.17. The predicted octanol–water partition coefficient (Wildman–Crippen LogP) is 1.39. The van der Waals surface area contributed by atoms with Crippen molar-refractivity contribution in [2.75, 3.05) is 26.3 Å². The Balaban J connectivity index is 1.51. The number of ether oxygens (including phenoxy) is 1. The van der Waals surface area contributed by atoms with E-state index in [1.54, 1.807) is 29.2 Å². The molecule has 0 aliphatic carbocycles. The van der Waals surface area contributed by atoms with Gasteiger partial charge in [0.2, 0.25) is 5.91 Å². The third kappa shape index (κ3) is 3.63. The average molecular weight is 431 g/mol. The largest absolute Gasteiger partial charge is 0.378 e. The van der Waals surface area contributed by atoms with Gasteiger partial charge in [0.25, 0.3) is 5.56 Å². The molecule has 0 radical (unpaired) electrons. The number of hydrogen-bond donors (Lipinski definition) is 1. The highest BCUT2D eigenvalue weighted by Gasteiger charge is 2.18.